The molecule has 0 spiro atoms. The number of hydrogen-bond acceptors (Lipinski definition) is 2. The van der Waals surface area contributed by atoms with E-state index in [9.17, 15) is 27.9 Å². The summed E-state index contributed by atoms with van der Waals surface area (Å²) in [7, 11) is 0. The van der Waals surface area contributed by atoms with Crippen LogP contribution in [0.1, 0.15) is 21.5 Å². The largest absolute Gasteiger partial charge is 0.480 e. The number of carbonyl (C=O) groups excluding carboxylic acids is 1. The predicted octanol–water partition coefficient (Wildman–Crippen LogP) is 4.28. The Morgan fingerprint density at radius 1 is 0.964 bits per heavy atom. The quantitative estimate of drug-likeness (QED) is 0.687. The summed E-state index contributed by atoms with van der Waals surface area (Å²) in [5.74, 6) is -1.93. The molecule has 0 aliphatic heterocycles. The van der Waals surface area contributed by atoms with E-state index in [-0.39, 0.29) is 12.0 Å². The lowest BCUT2D eigenvalue weighted by Crippen LogP contribution is -2.42. The van der Waals surface area contributed by atoms with Gasteiger partial charge >= 0.3 is 12.1 Å². The van der Waals surface area contributed by atoms with E-state index in [1.165, 1.54) is 12.1 Å². The van der Waals surface area contributed by atoms with Crippen molar-refractivity contribution in [1.29, 1.82) is 0 Å². The number of amides is 1. The van der Waals surface area contributed by atoms with Crippen LogP contribution < -0.4 is 5.32 Å². The molecule has 0 unspecified atom stereocenters. The molecule has 1 atom stereocenters. The van der Waals surface area contributed by atoms with Gasteiger partial charge in [0.1, 0.15) is 6.04 Å². The molecule has 0 saturated carbocycles. The van der Waals surface area contributed by atoms with Crippen LogP contribution in [0.4, 0.5) is 13.2 Å². The average molecular weight is 387 g/mol. The van der Waals surface area contributed by atoms with E-state index in [4.69, 9.17) is 0 Å². The van der Waals surface area contributed by atoms with Crippen molar-refractivity contribution in [3.8, 4) is 0 Å². The van der Waals surface area contributed by atoms with Crippen LogP contribution in [-0.4, -0.2) is 23.0 Å². The molecule has 0 aromatic heterocycles. The predicted molar refractivity (Wildman–Crippen MR) is 98.0 cm³/mol. The molecule has 0 fully saturated rings. The van der Waals surface area contributed by atoms with Crippen LogP contribution in [0, 0.1) is 0 Å². The first-order valence-electron chi connectivity index (χ1n) is 8.43. The molecular weight excluding hydrogens is 371 g/mol. The highest BCUT2D eigenvalue weighted by Crippen LogP contribution is 2.29. The zero-order valence-corrected chi connectivity index (χ0v) is 14.5. The van der Waals surface area contributed by atoms with Gasteiger partial charge in [-0.15, -0.1) is 0 Å². The second kappa shape index (κ2) is 7.72. The van der Waals surface area contributed by atoms with Crippen molar-refractivity contribution in [3.63, 3.8) is 0 Å². The van der Waals surface area contributed by atoms with Gasteiger partial charge in [0.05, 0.1) is 5.56 Å². The average Bonchev–Trinajstić information content (AvgIpc) is 2.66. The van der Waals surface area contributed by atoms with Gasteiger partial charge in [0.2, 0.25) is 0 Å². The molecule has 0 heterocycles. The Morgan fingerprint density at radius 2 is 1.64 bits per heavy atom. The van der Waals surface area contributed by atoms with Crippen LogP contribution in [0.5, 0.6) is 0 Å². The third kappa shape index (κ3) is 4.31. The lowest BCUT2D eigenvalue weighted by molar-refractivity contribution is -0.139. The van der Waals surface area contributed by atoms with Gasteiger partial charge < -0.3 is 10.4 Å². The molecule has 28 heavy (non-hydrogen) atoms. The molecule has 0 aliphatic carbocycles. The minimum atomic E-state index is -4.53. The van der Waals surface area contributed by atoms with Crippen LogP contribution >= 0.6 is 0 Å². The summed E-state index contributed by atoms with van der Waals surface area (Å²) in [6.07, 6.45) is -4.79. The molecule has 1 amide bonds. The normalized spacial score (nSPS) is 12.5. The Balaban J connectivity index is 1.84. The van der Waals surface area contributed by atoms with E-state index in [0.717, 1.165) is 17.5 Å². The van der Waals surface area contributed by atoms with E-state index in [0.29, 0.717) is 10.9 Å². The van der Waals surface area contributed by atoms with Gasteiger partial charge in [0.25, 0.3) is 5.91 Å². The first-order chi connectivity index (χ1) is 13.3. The topological polar surface area (TPSA) is 66.4 Å². The maximum absolute atomic E-state index is 12.9. The van der Waals surface area contributed by atoms with Gasteiger partial charge in [0.15, 0.2) is 0 Å². The Morgan fingerprint density at radius 3 is 2.36 bits per heavy atom. The fourth-order valence-electron chi connectivity index (χ4n) is 2.97. The number of carbonyl (C=O) groups is 2. The third-order valence-electron chi connectivity index (χ3n) is 4.33. The fourth-order valence-corrected chi connectivity index (χ4v) is 2.97. The highest BCUT2D eigenvalue weighted by molar-refractivity contribution is 6.07. The highest BCUT2D eigenvalue weighted by atomic mass is 19.4. The van der Waals surface area contributed by atoms with Crippen molar-refractivity contribution < 1.29 is 27.9 Å². The summed E-state index contributed by atoms with van der Waals surface area (Å²) >= 11 is 0. The molecule has 0 aliphatic rings. The minimum Gasteiger partial charge on any atom is -0.480 e. The summed E-state index contributed by atoms with van der Waals surface area (Å²) in [4.78, 5) is 24.2. The van der Waals surface area contributed by atoms with E-state index < -0.39 is 29.7 Å². The van der Waals surface area contributed by atoms with Crippen LogP contribution in [0.15, 0.2) is 66.7 Å². The molecule has 7 heteroatoms. The standard InChI is InChI=1S/C21H16F3NO3/c22-21(23,24)15-8-3-5-13(11-15)12-18(20(27)28)25-19(26)17-10-4-7-14-6-1-2-9-16(14)17/h1-11,18H,12H2,(H,25,26)(H,27,28)/t18-/m1/s1. The van der Waals surface area contributed by atoms with Crippen LogP contribution in [0.2, 0.25) is 0 Å². The van der Waals surface area contributed by atoms with Crippen LogP contribution in [0.3, 0.4) is 0 Å². The molecule has 144 valence electrons. The van der Waals surface area contributed by atoms with E-state index in [2.05, 4.69) is 5.32 Å². The smallest absolute Gasteiger partial charge is 0.416 e. The number of aliphatic carboxylic acids is 1. The molecular formula is C21H16F3NO3. The van der Waals surface area contributed by atoms with E-state index in [1.807, 2.05) is 18.2 Å². The second-order valence-corrected chi connectivity index (χ2v) is 6.29. The first kappa shape index (κ1) is 19.4. The number of carboxylic acid groups (broad SMARTS) is 1. The van der Waals surface area contributed by atoms with Crippen molar-refractivity contribution in [2.24, 2.45) is 0 Å². The Bertz CT molecular complexity index is 1030. The summed E-state index contributed by atoms with van der Waals surface area (Å²) in [5.41, 5.74) is -0.400. The monoisotopic (exact) mass is 387 g/mol. The zero-order valence-electron chi connectivity index (χ0n) is 14.5. The van der Waals surface area contributed by atoms with Gasteiger partial charge in [-0.05, 0) is 28.5 Å². The summed E-state index contributed by atoms with van der Waals surface area (Å²) in [6, 6.07) is 15.3. The van der Waals surface area contributed by atoms with Gasteiger partial charge in [-0.2, -0.15) is 13.2 Å². The van der Waals surface area contributed by atoms with Crippen molar-refractivity contribution in [3.05, 3.63) is 83.4 Å². The highest BCUT2D eigenvalue weighted by Gasteiger charge is 2.31. The van der Waals surface area contributed by atoms with Crippen LogP contribution in [-0.2, 0) is 17.4 Å². The lowest BCUT2D eigenvalue weighted by Gasteiger charge is -2.16. The molecule has 0 saturated heterocycles. The number of carboxylic acids is 1. The van der Waals surface area contributed by atoms with E-state index >= 15 is 0 Å². The maximum Gasteiger partial charge on any atom is 0.416 e. The molecule has 0 bridgehead atoms. The first-order valence-corrected chi connectivity index (χ1v) is 8.43. The van der Waals surface area contributed by atoms with Gasteiger partial charge in [-0.25, -0.2) is 4.79 Å². The molecule has 4 nitrogen and oxygen atoms in total. The second-order valence-electron chi connectivity index (χ2n) is 6.29. The number of halogens is 3. The number of fused-ring (bicyclic) bond motifs is 1. The molecule has 3 rings (SSSR count). The summed E-state index contributed by atoms with van der Waals surface area (Å²) < 4.78 is 38.6. The van der Waals surface area contributed by atoms with Gasteiger partial charge in [-0.1, -0.05) is 54.6 Å². The third-order valence-corrected chi connectivity index (χ3v) is 4.33. The van der Waals surface area contributed by atoms with Crippen molar-refractivity contribution >= 4 is 22.6 Å². The Hall–Kier alpha value is -3.35. The zero-order chi connectivity index (χ0) is 20.3. The Kier molecular flexibility index (Phi) is 5.35. The molecule has 0 radical (unpaired) electrons. The molecule has 2 N–H and O–H groups in total. The summed E-state index contributed by atoms with van der Waals surface area (Å²) in [6.45, 7) is 0. The summed E-state index contributed by atoms with van der Waals surface area (Å²) in [5, 5.41) is 13.3. The number of benzene rings is 3. The maximum atomic E-state index is 12.9. The number of alkyl halides is 3. The fraction of sp³-hybridized carbons (Fsp3) is 0.143. The van der Waals surface area contributed by atoms with Crippen molar-refractivity contribution in [1.82, 2.24) is 5.32 Å². The van der Waals surface area contributed by atoms with E-state index in [1.54, 1.807) is 24.3 Å². The molecule has 3 aromatic carbocycles. The molecule has 3 aromatic rings. The number of nitrogens with one attached hydrogen (secondary N) is 1. The van der Waals surface area contributed by atoms with Crippen LogP contribution in [0.25, 0.3) is 10.8 Å². The minimum absolute atomic E-state index is 0.167. The lowest BCUT2D eigenvalue weighted by atomic mass is 10.0. The van der Waals surface area contributed by atoms with Crippen molar-refractivity contribution in [2.45, 2.75) is 18.6 Å². The van der Waals surface area contributed by atoms with Gasteiger partial charge in [0, 0.05) is 12.0 Å². The number of hydrogen-bond donors (Lipinski definition) is 2. The Labute approximate surface area is 158 Å². The number of rotatable bonds is 5. The van der Waals surface area contributed by atoms with Gasteiger partial charge in [-0.3, -0.25) is 4.79 Å². The SMILES string of the molecule is O=C(N[C@H](Cc1cccc(C(F)(F)F)c1)C(=O)O)c1cccc2ccccc12. The van der Waals surface area contributed by atoms with Crippen molar-refractivity contribution in [2.75, 3.05) is 0 Å².